The highest BCUT2D eigenvalue weighted by atomic mass is 32.2. The van der Waals surface area contributed by atoms with Crippen LogP contribution < -0.4 is 5.32 Å². The van der Waals surface area contributed by atoms with E-state index in [9.17, 15) is 18.0 Å². The van der Waals surface area contributed by atoms with Crippen LogP contribution >= 0.6 is 11.8 Å². The second-order valence-corrected chi connectivity index (χ2v) is 6.20. The van der Waals surface area contributed by atoms with Crippen molar-refractivity contribution >= 4 is 40.4 Å². The molecule has 136 valence electrons. The Morgan fingerprint density at radius 2 is 2.04 bits per heavy atom. The van der Waals surface area contributed by atoms with Crippen molar-refractivity contribution in [1.29, 1.82) is 0 Å². The molecule has 0 spiro atoms. The van der Waals surface area contributed by atoms with Gasteiger partial charge < -0.3 is 15.0 Å². The molecule has 0 amide bonds. The zero-order valence-corrected chi connectivity index (χ0v) is 14.6. The third kappa shape index (κ3) is 3.62. The lowest BCUT2D eigenvalue weighted by Crippen LogP contribution is -2.06. The predicted molar refractivity (Wildman–Crippen MR) is 93.9 cm³/mol. The smallest absolute Gasteiger partial charge is 0.417 e. The Morgan fingerprint density at radius 3 is 2.69 bits per heavy atom. The quantitative estimate of drug-likeness (QED) is 0.500. The molecule has 0 fully saturated rings. The molecule has 1 heterocycles. The van der Waals surface area contributed by atoms with Gasteiger partial charge in [0.15, 0.2) is 0 Å². The lowest BCUT2D eigenvalue weighted by molar-refractivity contribution is -0.139. The fourth-order valence-electron chi connectivity index (χ4n) is 2.47. The molecular weight excluding hydrogens is 367 g/mol. The van der Waals surface area contributed by atoms with E-state index in [0.717, 1.165) is 17.8 Å². The molecule has 2 N–H and O–H groups in total. The van der Waals surface area contributed by atoms with Crippen LogP contribution in [0.5, 0.6) is 0 Å². The maximum absolute atomic E-state index is 13.2. The SMILES string of the molecule is COC(=O)c1cccc(Nc2nc3cc(SC)c(C(F)(F)F)cc3[nH]2)c1. The van der Waals surface area contributed by atoms with E-state index in [1.54, 1.807) is 30.5 Å². The molecule has 26 heavy (non-hydrogen) atoms. The van der Waals surface area contributed by atoms with Crippen LogP contribution in [0, 0.1) is 0 Å². The number of fused-ring (bicyclic) bond motifs is 1. The Morgan fingerprint density at radius 1 is 1.27 bits per heavy atom. The summed E-state index contributed by atoms with van der Waals surface area (Å²) in [6, 6.07) is 8.96. The number of ether oxygens (including phenoxy) is 1. The van der Waals surface area contributed by atoms with Crippen LogP contribution in [-0.2, 0) is 10.9 Å². The summed E-state index contributed by atoms with van der Waals surface area (Å²) < 4.78 is 44.2. The van der Waals surface area contributed by atoms with Crippen molar-refractivity contribution in [1.82, 2.24) is 9.97 Å². The number of alkyl halides is 3. The van der Waals surface area contributed by atoms with E-state index < -0.39 is 17.7 Å². The molecule has 5 nitrogen and oxygen atoms in total. The number of nitrogens with zero attached hydrogens (tertiary/aromatic N) is 1. The molecule has 0 radical (unpaired) electrons. The van der Waals surface area contributed by atoms with Gasteiger partial charge in [0.2, 0.25) is 5.95 Å². The van der Waals surface area contributed by atoms with Gasteiger partial charge in [-0.2, -0.15) is 13.2 Å². The number of imidazole rings is 1. The molecular formula is C17H14F3N3O2S. The summed E-state index contributed by atoms with van der Waals surface area (Å²) in [7, 11) is 1.28. The Balaban J connectivity index is 1.96. The molecule has 0 aliphatic carbocycles. The van der Waals surface area contributed by atoms with Gasteiger partial charge in [-0.05, 0) is 36.6 Å². The highest BCUT2D eigenvalue weighted by Crippen LogP contribution is 2.38. The van der Waals surface area contributed by atoms with Crippen LogP contribution in [-0.4, -0.2) is 29.3 Å². The topological polar surface area (TPSA) is 67.0 Å². The van der Waals surface area contributed by atoms with Crippen LogP contribution in [0.4, 0.5) is 24.8 Å². The number of benzene rings is 2. The Kier molecular flexibility index (Phi) is 4.82. The van der Waals surface area contributed by atoms with Crippen molar-refractivity contribution in [3.8, 4) is 0 Å². The number of rotatable bonds is 4. The van der Waals surface area contributed by atoms with Gasteiger partial charge in [0.25, 0.3) is 0 Å². The normalized spacial score (nSPS) is 11.6. The van der Waals surface area contributed by atoms with E-state index in [4.69, 9.17) is 0 Å². The van der Waals surface area contributed by atoms with Gasteiger partial charge >= 0.3 is 12.1 Å². The van der Waals surface area contributed by atoms with Gasteiger partial charge in [0.1, 0.15) is 0 Å². The summed E-state index contributed by atoms with van der Waals surface area (Å²) >= 11 is 1.01. The number of thioether (sulfide) groups is 1. The number of nitrogens with one attached hydrogen (secondary N) is 2. The zero-order chi connectivity index (χ0) is 18.9. The van der Waals surface area contributed by atoms with Crippen LogP contribution in [0.15, 0.2) is 41.3 Å². The van der Waals surface area contributed by atoms with Crippen molar-refractivity contribution in [3.63, 3.8) is 0 Å². The highest BCUT2D eigenvalue weighted by Gasteiger charge is 2.34. The second-order valence-electron chi connectivity index (χ2n) is 5.35. The number of H-pyrrole nitrogens is 1. The number of methoxy groups -OCH3 is 1. The molecule has 0 aliphatic heterocycles. The standard InChI is InChI=1S/C17H14F3N3O2S/c1-25-15(24)9-4-3-5-10(6-9)21-16-22-12-7-11(17(18,19)20)14(26-2)8-13(12)23-16/h3-8H,1-2H3,(H2,21,22,23). The van der Waals surface area contributed by atoms with Gasteiger partial charge in [0, 0.05) is 10.6 Å². The second kappa shape index (κ2) is 6.91. The van der Waals surface area contributed by atoms with E-state index in [2.05, 4.69) is 20.0 Å². The molecule has 0 atom stereocenters. The maximum atomic E-state index is 13.2. The number of aromatic nitrogens is 2. The maximum Gasteiger partial charge on any atom is 0.417 e. The fraction of sp³-hybridized carbons (Fsp3) is 0.176. The Labute approximate surface area is 151 Å². The summed E-state index contributed by atoms with van der Waals surface area (Å²) in [5.41, 5.74) is 0.863. The van der Waals surface area contributed by atoms with E-state index in [0.29, 0.717) is 16.8 Å². The van der Waals surface area contributed by atoms with Gasteiger partial charge in [0.05, 0.1) is 29.3 Å². The minimum atomic E-state index is -4.44. The van der Waals surface area contributed by atoms with Crippen molar-refractivity contribution in [3.05, 3.63) is 47.5 Å². The number of hydrogen-bond acceptors (Lipinski definition) is 5. The number of aromatic amines is 1. The monoisotopic (exact) mass is 381 g/mol. The first-order chi connectivity index (χ1) is 12.3. The molecule has 0 saturated heterocycles. The molecule has 0 unspecified atom stereocenters. The first-order valence-corrected chi connectivity index (χ1v) is 8.64. The number of hydrogen-bond donors (Lipinski definition) is 2. The van der Waals surface area contributed by atoms with Crippen LogP contribution in [0.25, 0.3) is 11.0 Å². The molecule has 0 bridgehead atoms. The zero-order valence-electron chi connectivity index (χ0n) is 13.8. The van der Waals surface area contributed by atoms with Crippen LogP contribution in [0.1, 0.15) is 15.9 Å². The Bertz CT molecular complexity index is 970. The highest BCUT2D eigenvalue weighted by molar-refractivity contribution is 7.98. The first-order valence-electron chi connectivity index (χ1n) is 7.42. The average Bonchev–Trinajstić information content (AvgIpc) is 3.00. The van der Waals surface area contributed by atoms with Gasteiger partial charge in [-0.3, -0.25) is 0 Å². The predicted octanol–water partition coefficient (Wildman–Crippen LogP) is 4.83. The van der Waals surface area contributed by atoms with Crippen molar-refractivity contribution in [2.75, 3.05) is 18.7 Å². The van der Waals surface area contributed by atoms with E-state index in [-0.39, 0.29) is 16.4 Å². The summed E-state index contributed by atoms with van der Waals surface area (Å²) in [5, 5.41) is 2.95. The summed E-state index contributed by atoms with van der Waals surface area (Å²) in [6.07, 6.45) is -2.86. The number of esters is 1. The van der Waals surface area contributed by atoms with Gasteiger partial charge in [-0.15, -0.1) is 11.8 Å². The summed E-state index contributed by atoms with van der Waals surface area (Å²) in [5.74, 6) is -0.217. The number of carbonyl (C=O) groups is 1. The largest absolute Gasteiger partial charge is 0.465 e. The van der Waals surface area contributed by atoms with Crippen molar-refractivity contribution in [2.45, 2.75) is 11.1 Å². The number of anilines is 2. The molecule has 3 rings (SSSR count). The lowest BCUT2D eigenvalue weighted by Gasteiger charge is -2.10. The first kappa shape index (κ1) is 18.1. The molecule has 0 saturated carbocycles. The number of halogens is 3. The summed E-state index contributed by atoms with van der Waals surface area (Å²) in [6.45, 7) is 0. The minimum Gasteiger partial charge on any atom is -0.465 e. The van der Waals surface area contributed by atoms with E-state index >= 15 is 0 Å². The van der Waals surface area contributed by atoms with E-state index in [1.165, 1.54) is 13.2 Å². The molecule has 1 aromatic heterocycles. The van der Waals surface area contributed by atoms with Gasteiger partial charge in [-0.25, -0.2) is 9.78 Å². The summed E-state index contributed by atoms with van der Waals surface area (Å²) in [4.78, 5) is 18.8. The minimum absolute atomic E-state index is 0.107. The molecule has 0 aliphatic rings. The molecule has 2 aromatic carbocycles. The molecule has 9 heteroatoms. The van der Waals surface area contributed by atoms with Crippen LogP contribution in [0.3, 0.4) is 0 Å². The third-order valence-electron chi connectivity index (χ3n) is 3.65. The van der Waals surface area contributed by atoms with Crippen molar-refractivity contribution < 1.29 is 22.7 Å². The average molecular weight is 381 g/mol. The van der Waals surface area contributed by atoms with E-state index in [1.807, 2.05) is 0 Å². The third-order valence-corrected chi connectivity index (χ3v) is 4.43. The van der Waals surface area contributed by atoms with Crippen LogP contribution in [0.2, 0.25) is 0 Å². The van der Waals surface area contributed by atoms with Crippen molar-refractivity contribution in [2.24, 2.45) is 0 Å². The fourth-order valence-corrected chi connectivity index (χ4v) is 3.09. The molecule has 3 aromatic rings. The lowest BCUT2D eigenvalue weighted by atomic mass is 10.2. The van der Waals surface area contributed by atoms with Gasteiger partial charge in [-0.1, -0.05) is 6.07 Å². The Hall–Kier alpha value is -2.68. The number of carbonyl (C=O) groups excluding carboxylic acids is 1.